The monoisotopic (exact) mass is 389 g/mol. The Balaban J connectivity index is 1.57. The lowest BCUT2D eigenvalue weighted by Crippen LogP contribution is -2.46. The average Bonchev–Trinajstić information content (AvgIpc) is 2.68. The minimum absolute atomic E-state index is 0.231. The third-order valence-electron chi connectivity index (χ3n) is 4.41. The van der Waals surface area contributed by atoms with Crippen LogP contribution in [0.2, 0.25) is 0 Å². The van der Waals surface area contributed by atoms with Crippen LogP contribution in [0, 0.1) is 0 Å². The number of sulfonamides is 1. The van der Waals surface area contributed by atoms with Crippen molar-refractivity contribution >= 4 is 21.7 Å². The van der Waals surface area contributed by atoms with E-state index in [1.54, 1.807) is 24.5 Å². The predicted octanol–water partition coefficient (Wildman–Crippen LogP) is 1.34. The number of nitrogens with one attached hydrogen (secondary N) is 2. The van der Waals surface area contributed by atoms with E-state index in [2.05, 4.69) is 20.5 Å². The molecule has 0 spiro atoms. The van der Waals surface area contributed by atoms with E-state index >= 15 is 0 Å². The molecule has 1 fully saturated rings. The summed E-state index contributed by atoms with van der Waals surface area (Å²) < 4.78 is 26.9. The van der Waals surface area contributed by atoms with Crippen molar-refractivity contribution in [1.29, 1.82) is 0 Å². The molecule has 8 nitrogen and oxygen atoms in total. The van der Waals surface area contributed by atoms with Gasteiger partial charge in [-0.3, -0.25) is 4.98 Å². The van der Waals surface area contributed by atoms with Crippen LogP contribution >= 0.6 is 0 Å². The number of hydrogen-bond acceptors (Lipinski definition) is 5. The normalized spacial score (nSPS) is 16.0. The molecule has 1 aliphatic rings. The first kappa shape index (κ1) is 19.3. The van der Waals surface area contributed by atoms with E-state index in [9.17, 15) is 13.2 Å². The highest BCUT2D eigenvalue weighted by Gasteiger charge is 2.27. The number of benzene rings is 1. The van der Waals surface area contributed by atoms with Gasteiger partial charge in [-0.2, -0.15) is 4.31 Å². The molecule has 2 heterocycles. The van der Waals surface area contributed by atoms with Crippen LogP contribution in [-0.2, 0) is 16.6 Å². The van der Waals surface area contributed by atoms with Crippen molar-refractivity contribution in [1.82, 2.24) is 19.5 Å². The van der Waals surface area contributed by atoms with Crippen LogP contribution < -0.4 is 10.6 Å². The molecule has 1 aromatic heterocycles. The molecule has 2 amide bonds. The molecule has 0 aliphatic carbocycles. The van der Waals surface area contributed by atoms with Crippen molar-refractivity contribution in [2.45, 2.75) is 11.4 Å². The van der Waals surface area contributed by atoms with E-state index < -0.39 is 10.0 Å². The summed E-state index contributed by atoms with van der Waals surface area (Å²) in [6, 6.07) is 9.50. The van der Waals surface area contributed by atoms with Crippen molar-refractivity contribution in [2.75, 3.05) is 38.5 Å². The van der Waals surface area contributed by atoms with Crippen molar-refractivity contribution in [3.05, 3.63) is 54.4 Å². The zero-order valence-corrected chi connectivity index (χ0v) is 15.9. The first-order valence-electron chi connectivity index (χ1n) is 8.68. The Kier molecular flexibility index (Phi) is 6.04. The first-order chi connectivity index (χ1) is 12.9. The van der Waals surface area contributed by atoms with Gasteiger partial charge in [0.1, 0.15) is 0 Å². The number of pyridine rings is 1. The summed E-state index contributed by atoms with van der Waals surface area (Å²) in [4.78, 5) is 18.2. The number of likely N-dealkylation sites (N-methyl/N-ethyl adjacent to an activating group) is 1. The molecule has 1 aromatic carbocycles. The summed E-state index contributed by atoms with van der Waals surface area (Å²) in [7, 11) is -1.53. The Hall–Kier alpha value is -2.49. The summed E-state index contributed by atoms with van der Waals surface area (Å²) in [5.41, 5.74) is 1.47. The van der Waals surface area contributed by atoms with Gasteiger partial charge in [0.25, 0.3) is 0 Å². The Morgan fingerprint density at radius 3 is 2.30 bits per heavy atom. The van der Waals surface area contributed by atoms with Crippen LogP contribution in [0.4, 0.5) is 10.5 Å². The van der Waals surface area contributed by atoms with Gasteiger partial charge in [-0.15, -0.1) is 0 Å². The van der Waals surface area contributed by atoms with Crippen molar-refractivity contribution in [3.63, 3.8) is 0 Å². The summed E-state index contributed by atoms with van der Waals surface area (Å²) in [5, 5.41) is 5.43. The van der Waals surface area contributed by atoms with Gasteiger partial charge >= 0.3 is 6.03 Å². The van der Waals surface area contributed by atoms with Crippen LogP contribution in [0.3, 0.4) is 0 Å². The van der Waals surface area contributed by atoms with Crippen molar-refractivity contribution in [3.8, 4) is 0 Å². The highest BCUT2D eigenvalue weighted by molar-refractivity contribution is 7.89. The third-order valence-corrected chi connectivity index (χ3v) is 6.33. The van der Waals surface area contributed by atoms with Gasteiger partial charge in [0.15, 0.2) is 0 Å². The lowest BCUT2D eigenvalue weighted by atomic mass is 10.3. The lowest BCUT2D eigenvalue weighted by Gasteiger charge is -2.31. The lowest BCUT2D eigenvalue weighted by molar-refractivity contribution is 0.222. The van der Waals surface area contributed by atoms with Crippen molar-refractivity contribution in [2.24, 2.45) is 0 Å². The number of urea groups is 1. The maximum absolute atomic E-state index is 12.7. The fraction of sp³-hybridized carbons (Fsp3) is 0.333. The Morgan fingerprint density at radius 1 is 1.04 bits per heavy atom. The van der Waals surface area contributed by atoms with Crippen LogP contribution in [0.1, 0.15) is 5.56 Å². The van der Waals surface area contributed by atoms with E-state index in [1.165, 1.54) is 16.4 Å². The van der Waals surface area contributed by atoms with Gasteiger partial charge in [0.05, 0.1) is 4.90 Å². The fourth-order valence-corrected chi connectivity index (χ4v) is 4.17. The molecular formula is C18H23N5O3S. The molecule has 27 heavy (non-hydrogen) atoms. The molecule has 0 unspecified atom stereocenters. The quantitative estimate of drug-likeness (QED) is 0.805. The molecule has 2 N–H and O–H groups in total. The molecule has 9 heteroatoms. The van der Waals surface area contributed by atoms with Crippen LogP contribution in [0.15, 0.2) is 53.7 Å². The largest absolute Gasteiger partial charge is 0.334 e. The summed E-state index contributed by atoms with van der Waals surface area (Å²) in [6.07, 6.45) is 3.32. The summed E-state index contributed by atoms with van der Waals surface area (Å²) >= 11 is 0. The minimum atomic E-state index is -3.50. The van der Waals surface area contributed by atoms with E-state index in [4.69, 9.17) is 0 Å². The molecule has 0 bridgehead atoms. The topological polar surface area (TPSA) is 94.6 Å². The number of amides is 2. The molecular weight excluding hydrogens is 366 g/mol. The van der Waals surface area contributed by atoms with Crippen LogP contribution in [0.25, 0.3) is 0 Å². The number of aromatic nitrogens is 1. The fourth-order valence-electron chi connectivity index (χ4n) is 2.75. The van der Waals surface area contributed by atoms with E-state index in [1.807, 2.05) is 19.2 Å². The molecule has 2 aromatic rings. The van der Waals surface area contributed by atoms with Gasteiger partial charge in [-0.1, -0.05) is 0 Å². The number of anilines is 1. The molecule has 144 valence electrons. The minimum Gasteiger partial charge on any atom is -0.334 e. The van der Waals surface area contributed by atoms with Crippen molar-refractivity contribution < 1.29 is 13.2 Å². The molecule has 1 aliphatic heterocycles. The predicted molar refractivity (Wildman–Crippen MR) is 103 cm³/mol. The highest BCUT2D eigenvalue weighted by atomic mass is 32.2. The summed E-state index contributed by atoms with van der Waals surface area (Å²) in [5.74, 6) is 0. The number of piperazine rings is 1. The first-order valence-corrected chi connectivity index (χ1v) is 10.1. The smallest absolute Gasteiger partial charge is 0.319 e. The Morgan fingerprint density at radius 2 is 1.67 bits per heavy atom. The summed E-state index contributed by atoms with van der Waals surface area (Å²) in [6.45, 7) is 2.78. The number of carbonyl (C=O) groups is 1. The Bertz CT molecular complexity index is 864. The third kappa shape index (κ3) is 5.03. The molecule has 0 radical (unpaired) electrons. The number of rotatable bonds is 5. The van der Waals surface area contributed by atoms with Crippen LogP contribution in [0.5, 0.6) is 0 Å². The highest BCUT2D eigenvalue weighted by Crippen LogP contribution is 2.19. The second-order valence-electron chi connectivity index (χ2n) is 6.39. The maximum atomic E-state index is 12.7. The zero-order valence-electron chi connectivity index (χ0n) is 15.1. The standard InChI is InChI=1S/C18H23N5O3S/c1-22-10-12-23(13-11-22)27(25,26)17-4-2-16(3-5-17)21-18(24)20-14-15-6-8-19-9-7-15/h2-9H,10-14H2,1H3,(H2,20,21,24). The molecule has 1 saturated heterocycles. The number of carbonyl (C=O) groups excluding carboxylic acids is 1. The number of nitrogens with zero attached hydrogens (tertiary/aromatic N) is 3. The van der Waals surface area contributed by atoms with Gasteiger partial charge < -0.3 is 15.5 Å². The van der Waals surface area contributed by atoms with E-state index in [0.29, 0.717) is 25.3 Å². The molecule has 0 saturated carbocycles. The van der Waals surface area contributed by atoms with Gasteiger partial charge in [0, 0.05) is 50.8 Å². The SMILES string of the molecule is CN1CCN(S(=O)(=O)c2ccc(NC(=O)NCc3ccncc3)cc2)CC1. The second kappa shape index (κ2) is 8.47. The van der Waals surface area contributed by atoms with E-state index in [0.717, 1.165) is 18.7 Å². The van der Waals surface area contributed by atoms with Crippen LogP contribution in [-0.4, -0.2) is 61.9 Å². The average molecular weight is 389 g/mol. The molecule has 3 rings (SSSR count). The second-order valence-corrected chi connectivity index (χ2v) is 8.33. The van der Waals surface area contributed by atoms with E-state index in [-0.39, 0.29) is 10.9 Å². The zero-order chi connectivity index (χ0) is 19.3. The maximum Gasteiger partial charge on any atom is 0.319 e. The van der Waals surface area contributed by atoms with Gasteiger partial charge in [0.2, 0.25) is 10.0 Å². The van der Waals surface area contributed by atoms with Gasteiger partial charge in [-0.05, 0) is 49.0 Å². The number of hydrogen-bond donors (Lipinski definition) is 2. The Labute approximate surface area is 159 Å². The molecule has 0 atom stereocenters. The van der Waals surface area contributed by atoms with Gasteiger partial charge in [-0.25, -0.2) is 13.2 Å².